The van der Waals surface area contributed by atoms with Crippen molar-refractivity contribution < 1.29 is 4.74 Å². The molecule has 0 aliphatic carbocycles. The molecule has 1 aromatic heterocycles. The zero-order chi connectivity index (χ0) is 13.2. The molecule has 0 saturated heterocycles. The lowest BCUT2D eigenvalue weighted by Crippen LogP contribution is -2.29. The molecule has 19 heavy (non-hydrogen) atoms. The van der Waals surface area contributed by atoms with Crippen LogP contribution in [0.25, 0.3) is 0 Å². The van der Waals surface area contributed by atoms with Gasteiger partial charge in [-0.05, 0) is 38.7 Å². The molecule has 1 aromatic carbocycles. The Labute approximate surface area is 124 Å². The molecule has 3 rings (SSSR count). The average molecular weight is 339 g/mol. The van der Waals surface area contributed by atoms with Crippen molar-refractivity contribution in [3.63, 3.8) is 0 Å². The number of rotatable bonds is 4. The first-order chi connectivity index (χ1) is 9.26. The molecule has 0 bridgehead atoms. The highest BCUT2D eigenvalue weighted by Crippen LogP contribution is 2.28. The molecule has 1 aliphatic rings. The second-order valence-electron chi connectivity index (χ2n) is 4.68. The van der Waals surface area contributed by atoms with Gasteiger partial charge in [0.1, 0.15) is 0 Å². The molecular formula is C14H15BrN2OS. The number of nitrogens with one attached hydrogen (secondary N) is 1. The van der Waals surface area contributed by atoms with Crippen LogP contribution in [0.4, 0.5) is 0 Å². The van der Waals surface area contributed by atoms with Gasteiger partial charge in [-0.1, -0.05) is 18.2 Å². The van der Waals surface area contributed by atoms with Crippen LogP contribution < -0.4 is 11.3 Å². The van der Waals surface area contributed by atoms with E-state index in [0.29, 0.717) is 6.61 Å². The lowest BCUT2D eigenvalue weighted by molar-refractivity contribution is 0.134. The monoisotopic (exact) mass is 338 g/mol. The summed E-state index contributed by atoms with van der Waals surface area (Å²) in [6, 6.07) is 8.77. The van der Waals surface area contributed by atoms with E-state index >= 15 is 0 Å². The molecule has 1 unspecified atom stereocenters. The molecule has 1 aliphatic heterocycles. The largest absolute Gasteiger partial charge is 0.372 e. The summed E-state index contributed by atoms with van der Waals surface area (Å²) in [6.07, 6.45) is 0.895. The summed E-state index contributed by atoms with van der Waals surface area (Å²) in [5, 5.41) is 2.10. The number of benzene rings is 1. The van der Waals surface area contributed by atoms with E-state index in [9.17, 15) is 0 Å². The Morgan fingerprint density at radius 1 is 1.32 bits per heavy atom. The van der Waals surface area contributed by atoms with Gasteiger partial charge in [0.15, 0.2) is 0 Å². The average Bonchev–Trinajstić information content (AvgIpc) is 3.03. The number of hydrogen-bond acceptors (Lipinski definition) is 4. The maximum atomic E-state index is 5.72. The first-order valence-electron chi connectivity index (χ1n) is 6.15. The predicted octanol–water partition coefficient (Wildman–Crippen LogP) is 3.29. The summed E-state index contributed by atoms with van der Waals surface area (Å²) in [5.74, 6) is 5.72. The van der Waals surface area contributed by atoms with Gasteiger partial charge in [0.25, 0.3) is 0 Å². The highest BCUT2D eigenvalue weighted by molar-refractivity contribution is 9.10. The number of hydrazine groups is 1. The van der Waals surface area contributed by atoms with Crippen LogP contribution in [0.1, 0.15) is 27.6 Å². The van der Waals surface area contributed by atoms with Crippen LogP contribution in [0.15, 0.2) is 34.1 Å². The van der Waals surface area contributed by atoms with E-state index in [-0.39, 0.29) is 6.04 Å². The maximum absolute atomic E-state index is 5.72. The minimum absolute atomic E-state index is 0.136. The summed E-state index contributed by atoms with van der Waals surface area (Å²) in [4.78, 5) is 1.31. The molecule has 2 aromatic rings. The summed E-state index contributed by atoms with van der Waals surface area (Å²) >= 11 is 5.23. The molecule has 100 valence electrons. The van der Waals surface area contributed by atoms with E-state index in [2.05, 4.69) is 51.0 Å². The van der Waals surface area contributed by atoms with Crippen molar-refractivity contribution in [2.24, 2.45) is 5.84 Å². The molecule has 2 heterocycles. The number of halogens is 1. The van der Waals surface area contributed by atoms with E-state index in [4.69, 9.17) is 10.6 Å². The third-order valence-corrected chi connectivity index (χ3v) is 5.10. The first kappa shape index (κ1) is 13.3. The fourth-order valence-corrected chi connectivity index (χ4v) is 3.84. The van der Waals surface area contributed by atoms with Gasteiger partial charge in [-0.15, -0.1) is 11.3 Å². The minimum Gasteiger partial charge on any atom is -0.372 e. The van der Waals surface area contributed by atoms with Crippen LogP contribution in [-0.2, 0) is 24.4 Å². The first-order valence-corrected chi connectivity index (χ1v) is 7.82. The van der Waals surface area contributed by atoms with Crippen molar-refractivity contribution in [3.8, 4) is 0 Å². The molecular weight excluding hydrogens is 324 g/mol. The van der Waals surface area contributed by atoms with Crippen LogP contribution in [0, 0.1) is 0 Å². The molecule has 3 nitrogen and oxygen atoms in total. The molecule has 0 fully saturated rings. The molecule has 0 amide bonds. The van der Waals surface area contributed by atoms with Crippen molar-refractivity contribution in [1.29, 1.82) is 0 Å². The Bertz CT molecular complexity index is 585. The van der Waals surface area contributed by atoms with E-state index in [1.165, 1.54) is 21.6 Å². The SMILES string of the molecule is NNC(Cc1cc(Br)cs1)c1ccc2c(c1)COC2. The third kappa shape index (κ3) is 2.90. The standard InChI is InChI=1S/C14H15BrN2OS/c15-12-4-13(19-8-12)5-14(17-16)9-1-2-10-6-18-7-11(10)3-9/h1-4,8,14,17H,5-7,16H2. The number of hydrogen-bond donors (Lipinski definition) is 2. The van der Waals surface area contributed by atoms with E-state index in [1.807, 2.05) is 0 Å². The second kappa shape index (κ2) is 5.73. The van der Waals surface area contributed by atoms with Gasteiger partial charge < -0.3 is 4.74 Å². The van der Waals surface area contributed by atoms with Gasteiger partial charge in [-0.3, -0.25) is 11.3 Å². The lowest BCUT2D eigenvalue weighted by atomic mass is 9.99. The minimum atomic E-state index is 0.136. The summed E-state index contributed by atoms with van der Waals surface area (Å²) < 4.78 is 6.58. The molecule has 0 saturated carbocycles. The van der Waals surface area contributed by atoms with E-state index in [0.717, 1.165) is 17.5 Å². The van der Waals surface area contributed by atoms with Gasteiger partial charge in [0, 0.05) is 21.2 Å². The van der Waals surface area contributed by atoms with Crippen molar-refractivity contribution in [2.45, 2.75) is 25.7 Å². The summed E-state index contributed by atoms with van der Waals surface area (Å²) in [7, 11) is 0. The van der Waals surface area contributed by atoms with Gasteiger partial charge >= 0.3 is 0 Å². The quantitative estimate of drug-likeness (QED) is 0.664. The second-order valence-corrected chi connectivity index (χ2v) is 6.59. The number of fused-ring (bicyclic) bond motifs is 1. The molecule has 0 spiro atoms. The molecule has 1 atom stereocenters. The normalized spacial score (nSPS) is 15.5. The van der Waals surface area contributed by atoms with Gasteiger partial charge in [0.2, 0.25) is 0 Å². The zero-order valence-electron chi connectivity index (χ0n) is 10.4. The Morgan fingerprint density at radius 3 is 2.89 bits per heavy atom. The Hall–Kier alpha value is -0.720. The highest BCUT2D eigenvalue weighted by atomic mass is 79.9. The van der Waals surface area contributed by atoms with Crippen LogP contribution in [-0.4, -0.2) is 0 Å². The molecule has 0 radical (unpaired) electrons. The van der Waals surface area contributed by atoms with Crippen molar-refractivity contribution in [3.05, 3.63) is 55.7 Å². The van der Waals surface area contributed by atoms with Crippen LogP contribution >= 0.6 is 27.3 Å². The van der Waals surface area contributed by atoms with Gasteiger partial charge in [-0.25, -0.2) is 0 Å². The fourth-order valence-electron chi connectivity index (χ4n) is 2.34. The topological polar surface area (TPSA) is 47.3 Å². The van der Waals surface area contributed by atoms with Crippen molar-refractivity contribution in [2.75, 3.05) is 0 Å². The van der Waals surface area contributed by atoms with Crippen molar-refractivity contribution in [1.82, 2.24) is 5.43 Å². The van der Waals surface area contributed by atoms with E-state index < -0.39 is 0 Å². The number of nitrogens with two attached hydrogens (primary N) is 1. The van der Waals surface area contributed by atoms with Crippen LogP contribution in [0.5, 0.6) is 0 Å². The van der Waals surface area contributed by atoms with Crippen LogP contribution in [0.3, 0.4) is 0 Å². The highest BCUT2D eigenvalue weighted by Gasteiger charge is 2.16. The Kier molecular flexibility index (Phi) is 4.00. The fraction of sp³-hybridized carbons (Fsp3) is 0.286. The maximum Gasteiger partial charge on any atom is 0.0725 e. The Morgan fingerprint density at radius 2 is 2.16 bits per heavy atom. The summed E-state index contributed by atoms with van der Waals surface area (Å²) in [5.41, 5.74) is 6.71. The number of thiophene rings is 1. The number of ether oxygens (including phenoxy) is 1. The van der Waals surface area contributed by atoms with Gasteiger partial charge in [-0.2, -0.15) is 0 Å². The zero-order valence-corrected chi connectivity index (χ0v) is 12.8. The molecule has 5 heteroatoms. The van der Waals surface area contributed by atoms with Crippen LogP contribution in [0.2, 0.25) is 0 Å². The van der Waals surface area contributed by atoms with E-state index in [1.54, 1.807) is 11.3 Å². The third-order valence-electron chi connectivity index (χ3n) is 3.38. The Balaban J connectivity index is 1.82. The predicted molar refractivity (Wildman–Crippen MR) is 80.7 cm³/mol. The summed E-state index contributed by atoms with van der Waals surface area (Å²) in [6.45, 7) is 1.44. The lowest BCUT2D eigenvalue weighted by Gasteiger charge is -2.16. The van der Waals surface area contributed by atoms with Crippen molar-refractivity contribution >= 4 is 27.3 Å². The smallest absolute Gasteiger partial charge is 0.0725 e. The van der Waals surface area contributed by atoms with Gasteiger partial charge in [0.05, 0.1) is 19.3 Å². The molecule has 3 N–H and O–H groups in total.